The summed E-state index contributed by atoms with van der Waals surface area (Å²) in [6.45, 7) is 0. The second-order valence-corrected chi connectivity index (χ2v) is 19.3. The van der Waals surface area contributed by atoms with E-state index in [1.54, 1.807) is 0 Å². The zero-order valence-corrected chi connectivity index (χ0v) is 37.2. The number of hydrogen-bond acceptors (Lipinski definition) is 1. The lowest BCUT2D eigenvalue weighted by Gasteiger charge is -2.18. The highest BCUT2D eigenvalue weighted by Crippen LogP contribution is 2.48. The summed E-state index contributed by atoms with van der Waals surface area (Å²) in [5.74, 6) is 0. The van der Waals surface area contributed by atoms with Gasteiger partial charge in [0.15, 0.2) is 0 Å². The normalized spacial score (nSPS) is 12.2. The van der Waals surface area contributed by atoms with Crippen LogP contribution in [0.2, 0.25) is 0 Å². The predicted molar refractivity (Wildman–Crippen MR) is 292 cm³/mol. The highest BCUT2D eigenvalue weighted by Gasteiger charge is 2.20. The van der Waals surface area contributed by atoms with E-state index in [-0.39, 0.29) is 0 Å². The SMILES string of the molecule is c1ccc(-c2ccc3ccc4c(-c5ccc(-c6c7ccccc7c(-c7ccc8sc9cc%10c%11ccccc%11c%11ccccc%11c%10cc9c8c7)c7ccccc67)cc5)ccc5ccc2c3c54)cc1. The first-order valence-corrected chi connectivity index (χ1v) is 24.1. The molecule has 0 aliphatic carbocycles. The maximum Gasteiger partial charge on any atom is 0.0362 e. The molecule has 1 heterocycles. The van der Waals surface area contributed by atoms with Gasteiger partial charge in [0, 0.05) is 20.2 Å². The lowest BCUT2D eigenvalue weighted by molar-refractivity contribution is 1.64. The fraction of sp³-hybridized carbons (Fsp3) is 0. The van der Waals surface area contributed by atoms with E-state index in [0.29, 0.717) is 0 Å². The van der Waals surface area contributed by atoms with Crippen LogP contribution in [0.15, 0.2) is 231 Å². The van der Waals surface area contributed by atoms with Crippen molar-refractivity contribution < 1.29 is 0 Å². The smallest absolute Gasteiger partial charge is 0.0362 e. The molecule has 0 saturated carbocycles. The molecule has 0 aliphatic heterocycles. The summed E-state index contributed by atoms with van der Waals surface area (Å²) >= 11 is 1.90. The van der Waals surface area contributed by atoms with E-state index in [1.807, 2.05) is 11.3 Å². The van der Waals surface area contributed by atoms with Crippen LogP contribution in [0.1, 0.15) is 0 Å². The third-order valence-electron chi connectivity index (χ3n) is 14.8. The summed E-state index contributed by atoms with van der Waals surface area (Å²) in [6, 6.07) is 86.5. The molecule has 0 radical (unpaired) electrons. The number of hydrogen-bond donors (Lipinski definition) is 0. The van der Waals surface area contributed by atoms with Gasteiger partial charge in [0.2, 0.25) is 0 Å². The Balaban J connectivity index is 0.887. The first kappa shape index (κ1) is 36.9. The molecule has 15 rings (SSSR count). The van der Waals surface area contributed by atoms with Crippen LogP contribution in [0.5, 0.6) is 0 Å². The quantitative estimate of drug-likeness (QED) is 0.122. The van der Waals surface area contributed by atoms with Crippen LogP contribution >= 0.6 is 11.3 Å². The van der Waals surface area contributed by atoms with E-state index < -0.39 is 0 Å². The molecule has 0 nitrogen and oxygen atoms in total. The van der Waals surface area contributed by atoms with Crippen molar-refractivity contribution in [2.75, 3.05) is 0 Å². The first-order valence-electron chi connectivity index (χ1n) is 23.2. The molecule has 0 spiro atoms. The van der Waals surface area contributed by atoms with Gasteiger partial charge in [-0.1, -0.05) is 206 Å². The largest absolute Gasteiger partial charge is 0.135 e. The maximum atomic E-state index is 2.47. The maximum absolute atomic E-state index is 2.47. The van der Waals surface area contributed by atoms with Crippen molar-refractivity contribution in [3.8, 4) is 44.5 Å². The molecule has 0 saturated heterocycles. The fourth-order valence-electron chi connectivity index (χ4n) is 11.8. The average Bonchev–Trinajstić information content (AvgIpc) is 3.76. The molecule has 0 amide bonds. The van der Waals surface area contributed by atoms with Gasteiger partial charge in [-0.3, -0.25) is 0 Å². The van der Waals surface area contributed by atoms with Crippen LogP contribution in [-0.2, 0) is 0 Å². The van der Waals surface area contributed by atoms with Crippen molar-refractivity contribution >= 4 is 118 Å². The molecule has 0 bridgehead atoms. The fourth-order valence-corrected chi connectivity index (χ4v) is 12.9. The van der Waals surface area contributed by atoms with Crippen molar-refractivity contribution in [3.63, 3.8) is 0 Å². The molecular formula is C66H38S. The third-order valence-corrected chi connectivity index (χ3v) is 15.9. The lowest BCUT2D eigenvalue weighted by atomic mass is 9.85. The molecule has 0 N–H and O–H groups in total. The van der Waals surface area contributed by atoms with E-state index in [9.17, 15) is 0 Å². The van der Waals surface area contributed by atoms with Gasteiger partial charge in [-0.25, -0.2) is 0 Å². The zero-order chi connectivity index (χ0) is 43.7. The Hall–Kier alpha value is -8.36. The Morgan fingerprint density at radius 2 is 0.612 bits per heavy atom. The van der Waals surface area contributed by atoms with Crippen LogP contribution in [0, 0.1) is 0 Å². The number of benzene rings is 14. The summed E-state index contributed by atoms with van der Waals surface area (Å²) in [5, 5.41) is 23.4. The van der Waals surface area contributed by atoms with Gasteiger partial charge < -0.3 is 0 Å². The molecule has 15 aromatic rings. The van der Waals surface area contributed by atoms with E-state index >= 15 is 0 Å². The highest BCUT2D eigenvalue weighted by atomic mass is 32.1. The van der Waals surface area contributed by atoms with E-state index in [1.165, 1.54) is 151 Å². The van der Waals surface area contributed by atoms with Crippen molar-refractivity contribution in [3.05, 3.63) is 231 Å². The van der Waals surface area contributed by atoms with E-state index in [4.69, 9.17) is 0 Å². The summed E-state index contributed by atoms with van der Waals surface area (Å²) in [6.07, 6.45) is 0. The van der Waals surface area contributed by atoms with Gasteiger partial charge in [-0.05, 0) is 155 Å². The zero-order valence-electron chi connectivity index (χ0n) is 36.3. The predicted octanol–water partition coefficient (Wildman–Crippen LogP) is 19.4. The minimum Gasteiger partial charge on any atom is -0.135 e. The second-order valence-electron chi connectivity index (χ2n) is 18.2. The van der Waals surface area contributed by atoms with Crippen LogP contribution in [-0.4, -0.2) is 0 Å². The van der Waals surface area contributed by atoms with Gasteiger partial charge in [0.25, 0.3) is 0 Å². The molecule has 14 aromatic carbocycles. The molecule has 1 aromatic heterocycles. The lowest BCUT2D eigenvalue weighted by Crippen LogP contribution is -1.91. The molecular weight excluding hydrogens is 825 g/mol. The van der Waals surface area contributed by atoms with E-state index in [2.05, 4.69) is 231 Å². The molecule has 0 fully saturated rings. The minimum atomic E-state index is 1.22. The van der Waals surface area contributed by atoms with Gasteiger partial charge in [-0.2, -0.15) is 0 Å². The van der Waals surface area contributed by atoms with Crippen LogP contribution in [0.25, 0.3) is 151 Å². The molecule has 1 heteroatoms. The Labute approximate surface area is 390 Å². The van der Waals surface area contributed by atoms with Crippen molar-refractivity contribution in [1.29, 1.82) is 0 Å². The Kier molecular flexibility index (Phi) is 7.75. The topological polar surface area (TPSA) is 0 Å². The van der Waals surface area contributed by atoms with Gasteiger partial charge in [-0.15, -0.1) is 11.3 Å². The molecule has 0 aliphatic rings. The second kappa shape index (κ2) is 14.1. The summed E-state index contributed by atoms with van der Waals surface area (Å²) in [5.41, 5.74) is 10.0. The van der Waals surface area contributed by atoms with Crippen molar-refractivity contribution in [2.24, 2.45) is 0 Å². The highest BCUT2D eigenvalue weighted by molar-refractivity contribution is 7.25. The van der Waals surface area contributed by atoms with Gasteiger partial charge >= 0.3 is 0 Å². The average molecular weight is 863 g/mol. The third kappa shape index (κ3) is 5.35. The summed E-state index contributed by atoms with van der Waals surface area (Å²) in [4.78, 5) is 0. The minimum absolute atomic E-state index is 1.22. The number of fused-ring (bicyclic) bond motifs is 11. The van der Waals surface area contributed by atoms with Crippen LogP contribution in [0.3, 0.4) is 0 Å². The Morgan fingerprint density at radius 3 is 1.16 bits per heavy atom. The summed E-state index contributed by atoms with van der Waals surface area (Å²) < 4.78 is 2.64. The van der Waals surface area contributed by atoms with Crippen LogP contribution in [0.4, 0.5) is 0 Å². The van der Waals surface area contributed by atoms with Crippen molar-refractivity contribution in [2.45, 2.75) is 0 Å². The monoisotopic (exact) mass is 862 g/mol. The van der Waals surface area contributed by atoms with Crippen LogP contribution < -0.4 is 0 Å². The van der Waals surface area contributed by atoms with Gasteiger partial charge in [0.05, 0.1) is 0 Å². The molecule has 0 atom stereocenters. The first-order chi connectivity index (χ1) is 33.2. The number of thiophene rings is 1. The van der Waals surface area contributed by atoms with Crippen molar-refractivity contribution in [1.82, 2.24) is 0 Å². The van der Waals surface area contributed by atoms with E-state index in [0.717, 1.165) is 0 Å². The number of rotatable bonds is 4. The summed E-state index contributed by atoms with van der Waals surface area (Å²) in [7, 11) is 0. The molecule has 67 heavy (non-hydrogen) atoms. The molecule has 0 unspecified atom stereocenters. The Bertz CT molecular complexity index is 4480. The standard InChI is InChI=1S/C66H38S/c1-2-12-39(13-3-1)45-31-26-42-29-34-56-46(32-27-43-28-33-55(45)65(42)66(43)56)40-22-24-41(25-23-40)63-51-18-8-10-20-53(51)64(54-21-11-9-19-52(54)63)44-30-35-61-59(36-44)60-37-57-49-16-6-4-14-47(49)48-15-5-7-17-50(48)58(57)38-62(60)67-61/h1-38H. The molecule has 308 valence electrons. The van der Waals surface area contributed by atoms with Gasteiger partial charge in [0.1, 0.15) is 0 Å². The Morgan fingerprint density at radius 1 is 0.209 bits per heavy atom.